The maximum absolute atomic E-state index is 14.2. The molecule has 1 saturated heterocycles. The van der Waals surface area contributed by atoms with E-state index in [0.717, 1.165) is 67.7 Å². The predicted octanol–water partition coefficient (Wildman–Crippen LogP) is 12.2. The Hall–Kier alpha value is -2.84. The van der Waals surface area contributed by atoms with E-state index in [1.165, 1.54) is 44.2 Å². The Balaban J connectivity index is 1.35. The summed E-state index contributed by atoms with van der Waals surface area (Å²) in [5, 5.41) is 4.92. The average Bonchev–Trinajstić information content (AvgIpc) is 3.66. The number of amides is 1. The fraction of sp³-hybridized carbons (Fsp3) is 0.651. The number of pyridine rings is 1. The summed E-state index contributed by atoms with van der Waals surface area (Å²) in [4.78, 5) is 20.0. The molecule has 53 heavy (non-hydrogen) atoms. The van der Waals surface area contributed by atoms with Crippen molar-refractivity contribution in [2.75, 3.05) is 18.8 Å². The smallest absolute Gasteiger partial charge is 0.222 e. The average molecular weight is 773 g/mol. The van der Waals surface area contributed by atoms with Gasteiger partial charge in [0.1, 0.15) is 11.9 Å². The molecule has 0 spiro atoms. The fourth-order valence-electron chi connectivity index (χ4n) is 9.39. The molecule has 1 aliphatic heterocycles. The number of nitrogen functional groups attached to an aromatic ring is 1. The molecule has 7 atom stereocenters. The SMILES string of the molecule is CCC(C)C(CC)C(CC)C(CC)C(CC)C(CC)CCC(=O)N1CCC(n2cc(-c3cnc(N)c(O[C@H](C)c4c(Cl)ccc(F)c4Cl)c3)cn2)CC1. The van der Waals surface area contributed by atoms with Crippen LogP contribution in [0.4, 0.5) is 10.2 Å². The molecule has 0 radical (unpaired) electrons. The summed E-state index contributed by atoms with van der Waals surface area (Å²) < 4.78 is 22.3. The van der Waals surface area contributed by atoms with Crippen LogP contribution >= 0.6 is 23.2 Å². The third-order valence-corrected chi connectivity index (χ3v) is 13.3. The number of anilines is 1. The Morgan fingerprint density at radius 3 is 2.15 bits per heavy atom. The van der Waals surface area contributed by atoms with Crippen LogP contribution in [0.2, 0.25) is 10.0 Å². The van der Waals surface area contributed by atoms with E-state index < -0.39 is 11.9 Å². The molecule has 1 amide bonds. The summed E-state index contributed by atoms with van der Waals surface area (Å²) in [5.41, 5.74) is 8.17. The second-order valence-corrected chi connectivity index (χ2v) is 16.1. The highest BCUT2D eigenvalue weighted by atomic mass is 35.5. The van der Waals surface area contributed by atoms with E-state index in [4.69, 9.17) is 38.8 Å². The Kier molecular flexibility index (Phi) is 16.3. The number of hydrogen-bond acceptors (Lipinski definition) is 5. The van der Waals surface area contributed by atoms with E-state index >= 15 is 0 Å². The van der Waals surface area contributed by atoms with Crippen molar-refractivity contribution < 1.29 is 13.9 Å². The second kappa shape index (κ2) is 20.2. The Morgan fingerprint density at radius 2 is 1.55 bits per heavy atom. The van der Waals surface area contributed by atoms with Crippen molar-refractivity contribution in [2.45, 2.75) is 132 Å². The van der Waals surface area contributed by atoms with Crippen molar-refractivity contribution in [3.63, 3.8) is 0 Å². The van der Waals surface area contributed by atoms with E-state index in [2.05, 4.69) is 58.4 Å². The molecular formula is C43H64Cl2FN5O2. The number of piperidine rings is 1. The standard InChI is InChI=1S/C43H64Cl2FN5O2/c1-9-27(7)33(11-3)35(13-5)36(14-6)34(12-4)29(10-2)15-18-40(52)50-21-19-32(20-22-50)51-26-31(25-49-51)30-23-39(43(47)48-24-30)53-28(8)41-37(44)16-17-38(46)42(41)45/h16-17,23-29,32-36H,9-15,18-22H2,1-8H3,(H2,47,48)/t27?,28-,29?,33?,34?,35?,36?/m1/s1. The summed E-state index contributed by atoms with van der Waals surface area (Å²) in [6.07, 6.45) is 15.4. The molecular weight excluding hydrogens is 708 g/mol. The van der Waals surface area contributed by atoms with Crippen LogP contribution in [-0.4, -0.2) is 38.7 Å². The van der Waals surface area contributed by atoms with Gasteiger partial charge in [-0.3, -0.25) is 9.48 Å². The molecule has 3 heterocycles. The lowest BCUT2D eigenvalue weighted by Crippen LogP contribution is -2.39. The maximum Gasteiger partial charge on any atom is 0.222 e. The van der Waals surface area contributed by atoms with Gasteiger partial charge in [0.05, 0.1) is 17.3 Å². The number of aromatic nitrogens is 3. The van der Waals surface area contributed by atoms with Crippen LogP contribution in [0.3, 0.4) is 0 Å². The van der Waals surface area contributed by atoms with Gasteiger partial charge in [0.15, 0.2) is 11.6 Å². The summed E-state index contributed by atoms with van der Waals surface area (Å²) in [5.74, 6) is 4.48. The van der Waals surface area contributed by atoms with Gasteiger partial charge in [-0.1, -0.05) is 110 Å². The van der Waals surface area contributed by atoms with Crippen LogP contribution in [0.5, 0.6) is 5.75 Å². The third-order valence-electron chi connectivity index (χ3n) is 12.6. The van der Waals surface area contributed by atoms with Gasteiger partial charge in [-0.05, 0) is 79.9 Å². The zero-order chi connectivity index (χ0) is 38.8. The second-order valence-electron chi connectivity index (χ2n) is 15.3. The quantitative estimate of drug-likeness (QED) is 0.123. The number of nitrogens with zero attached hydrogens (tertiary/aromatic N) is 4. The lowest BCUT2D eigenvalue weighted by Gasteiger charge is -2.42. The van der Waals surface area contributed by atoms with Crippen LogP contribution in [0, 0.1) is 41.3 Å². The molecule has 1 fully saturated rings. The number of nitrogens with two attached hydrogens (primary N) is 1. The first-order valence-electron chi connectivity index (χ1n) is 20.3. The first kappa shape index (κ1) is 42.9. The number of halogens is 3. The van der Waals surface area contributed by atoms with Gasteiger partial charge in [0, 0.05) is 53.6 Å². The highest BCUT2D eigenvalue weighted by Crippen LogP contribution is 2.44. The van der Waals surface area contributed by atoms with Crippen LogP contribution in [-0.2, 0) is 4.79 Å². The maximum atomic E-state index is 14.2. The number of likely N-dealkylation sites (tertiary alicyclic amines) is 1. The monoisotopic (exact) mass is 771 g/mol. The first-order chi connectivity index (χ1) is 25.4. The van der Waals surface area contributed by atoms with Gasteiger partial charge in [0.2, 0.25) is 5.91 Å². The van der Waals surface area contributed by atoms with Crippen molar-refractivity contribution in [1.82, 2.24) is 19.7 Å². The molecule has 3 aromatic rings. The molecule has 2 aromatic heterocycles. The molecule has 2 N–H and O–H groups in total. The molecule has 4 rings (SSSR count). The van der Waals surface area contributed by atoms with E-state index in [9.17, 15) is 9.18 Å². The van der Waals surface area contributed by atoms with Gasteiger partial charge in [-0.25, -0.2) is 9.37 Å². The third kappa shape index (κ3) is 10.3. The Labute approximate surface area is 328 Å². The van der Waals surface area contributed by atoms with Crippen molar-refractivity contribution in [1.29, 1.82) is 0 Å². The van der Waals surface area contributed by atoms with Gasteiger partial charge in [0.25, 0.3) is 0 Å². The van der Waals surface area contributed by atoms with Crippen LogP contribution in [0.15, 0.2) is 36.8 Å². The summed E-state index contributed by atoms with van der Waals surface area (Å²) in [6, 6.07) is 4.68. The van der Waals surface area contributed by atoms with Crippen LogP contribution < -0.4 is 10.5 Å². The predicted molar refractivity (Wildman–Crippen MR) is 218 cm³/mol. The molecule has 10 heteroatoms. The zero-order valence-electron chi connectivity index (χ0n) is 33.4. The van der Waals surface area contributed by atoms with Gasteiger partial charge in [-0.2, -0.15) is 5.10 Å². The van der Waals surface area contributed by atoms with E-state index in [-0.39, 0.29) is 16.9 Å². The highest BCUT2D eigenvalue weighted by molar-refractivity contribution is 6.36. The number of ether oxygens (including phenoxy) is 1. The van der Waals surface area contributed by atoms with E-state index in [1.807, 2.05) is 17.1 Å². The molecule has 0 aliphatic carbocycles. The number of carbonyl (C=O) groups is 1. The van der Waals surface area contributed by atoms with E-state index in [0.29, 0.717) is 46.4 Å². The molecule has 0 bridgehead atoms. The van der Waals surface area contributed by atoms with Gasteiger partial charge in [-0.15, -0.1) is 0 Å². The summed E-state index contributed by atoms with van der Waals surface area (Å²) >= 11 is 12.5. The largest absolute Gasteiger partial charge is 0.482 e. The van der Waals surface area contributed by atoms with Crippen LogP contribution in [0.1, 0.15) is 137 Å². The Morgan fingerprint density at radius 1 is 0.906 bits per heavy atom. The minimum atomic E-state index is -0.670. The minimum Gasteiger partial charge on any atom is -0.482 e. The van der Waals surface area contributed by atoms with Crippen molar-refractivity contribution in [2.24, 2.45) is 35.5 Å². The van der Waals surface area contributed by atoms with Crippen molar-refractivity contribution >= 4 is 34.9 Å². The van der Waals surface area contributed by atoms with Crippen molar-refractivity contribution in [3.8, 4) is 16.9 Å². The van der Waals surface area contributed by atoms with Crippen LogP contribution in [0.25, 0.3) is 11.1 Å². The fourth-order valence-corrected chi connectivity index (χ4v) is 10.1. The molecule has 294 valence electrons. The molecule has 1 aromatic carbocycles. The van der Waals surface area contributed by atoms with Crippen molar-refractivity contribution in [3.05, 3.63) is 58.2 Å². The number of rotatable bonds is 19. The first-order valence-corrected chi connectivity index (χ1v) is 21.1. The number of benzene rings is 1. The van der Waals surface area contributed by atoms with Gasteiger partial charge < -0.3 is 15.4 Å². The van der Waals surface area contributed by atoms with E-state index in [1.54, 1.807) is 19.2 Å². The topological polar surface area (TPSA) is 86.3 Å². The summed E-state index contributed by atoms with van der Waals surface area (Å²) in [7, 11) is 0. The molecule has 6 unspecified atom stereocenters. The normalized spacial score (nSPS) is 17.9. The Bertz CT molecular complexity index is 1610. The molecule has 1 aliphatic rings. The minimum absolute atomic E-state index is 0.0832. The molecule has 7 nitrogen and oxygen atoms in total. The summed E-state index contributed by atoms with van der Waals surface area (Å²) in [6.45, 7) is 19.9. The lowest BCUT2D eigenvalue weighted by molar-refractivity contribution is -0.133. The molecule has 0 saturated carbocycles. The van der Waals surface area contributed by atoms with Gasteiger partial charge >= 0.3 is 0 Å². The zero-order valence-corrected chi connectivity index (χ0v) is 34.9. The lowest BCUT2D eigenvalue weighted by atomic mass is 9.63. The number of hydrogen-bond donors (Lipinski definition) is 1. The number of carbonyl (C=O) groups excluding carboxylic acids is 1. The highest BCUT2D eigenvalue weighted by Gasteiger charge is 2.36.